The molecule has 1 aliphatic rings. The van der Waals surface area contributed by atoms with E-state index in [4.69, 9.17) is 9.47 Å². The second-order valence-corrected chi connectivity index (χ2v) is 9.28. The average Bonchev–Trinajstić information content (AvgIpc) is 3.34. The highest BCUT2D eigenvalue weighted by molar-refractivity contribution is 7.10. The van der Waals surface area contributed by atoms with Gasteiger partial charge in [-0.1, -0.05) is 6.07 Å². The van der Waals surface area contributed by atoms with Gasteiger partial charge in [-0.05, 0) is 65.7 Å². The molecule has 0 saturated carbocycles. The smallest absolute Gasteiger partial charge is 0.223 e. The molecule has 0 radical (unpaired) electrons. The number of thiophene rings is 1. The Morgan fingerprint density at radius 3 is 2.76 bits per heavy atom. The molecule has 1 aliphatic heterocycles. The van der Waals surface area contributed by atoms with E-state index >= 15 is 0 Å². The summed E-state index contributed by atoms with van der Waals surface area (Å²) >= 11 is 1.75. The molecule has 1 N–H and O–H groups in total. The zero-order valence-electron chi connectivity index (χ0n) is 19.5. The summed E-state index contributed by atoms with van der Waals surface area (Å²) in [5, 5.41) is 5.05. The predicted molar refractivity (Wildman–Crippen MR) is 131 cm³/mol. The Labute approximate surface area is 203 Å². The van der Waals surface area contributed by atoms with Crippen LogP contribution in [-0.4, -0.2) is 35.4 Å². The highest BCUT2D eigenvalue weighted by Gasteiger charge is 2.22. The number of fused-ring (bicyclic) bond motifs is 1. The normalized spacial score (nSPS) is 13.6. The Morgan fingerprint density at radius 1 is 1.15 bits per heavy atom. The molecule has 34 heavy (non-hydrogen) atoms. The number of amides is 2. The van der Waals surface area contributed by atoms with Crippen LogP contribution in [-0.2, 0) is 29.2 Å². The quantitative estimate of drug-likeness (QED) is 0.496. The third-order valence-electron chi connectivity index (χ3n) is 5.94. The van der Waals surface area contributed by atoms with Crippen LogP contribution >= 0.6 is 11.3 Å². The van der Waals surface area contributed by atoms with E-state index < -0.39 is 0 Å². The number of carbonyl (C=O) groups excluding carboxylic acids is 2. The number of rotatable bonds is 9. The maximum absolute atomic E-state index is 12.6. The van der Waals surface area contributed by atoms with Crippen LogP contribution in [0.3, 0.4) is 0 Å². The third-order valence-corrected chi connectivity index (χ3v) is 6.96. The van der Waals surface area contributed by atoms with E-state index in [1.807, 2.05) is 42.2 Å². The van der Waals surface area contributed by atoms with Gasteiger partial charge in [0.15, 0.2) is 11.5 Å². The van der Waals surface area contributed by atoms with E-state index in [0.717, 1.165) is 24.1 Å². The van der Waals surface area contributed by atoms with Gasteiger partial charge < -0.3 is 19.7 Å². The number of hydrogen-bond donors (Lipinski definition) is 1. The first-order valence-electron chi connectivity index (χ1n) is 11.4. The van der Waals surface area contributed by atoms with Crippen molar-refractivity contribution in [1.82, 2.24) is 15.2 Å². The van der Waals surface area contributed by atoms with Crippen molar-refractivity contribution in [3.8, 4) is 11.5 Å². The molecule has 0 aliphatic carbocycles. The van der Waals surface area contributed by atoms with Crippen LogP contribution in [0.4, 0.5) is 0 Å². The first-order valence-corrected chi connectivity index (χ1v) is 12.2. The van der Waals surface area contributed by atoms with Crippen molar-refractivity contribution < 1.29 is 19.1 Å². The molecule has 0 bridgehead atoms. The van der Waals surface area contributed by atoms with Crippen molar-refractivity contribution in [2.75, 3.05) is 13.7 Å². The van der Waals surface area contributed by atoms with Crippen LogP contribution in [0.1, 0.15) is 47.4 Å². The number of carbonyl (C=O) groups is 2. The molecule has 1 aromatic carbocycles. The summed E-state index contributed by atoms with van der Waals surface area (Å²) in [4.78, 5) is 32.3. The molecule has 0 fully saturated rings. The van der Waals surface area contributed by atoms with Crippen molar-refractivity contribution in [2.45, 2.75) is 45.4 Å². The lowest BCUT2D eigenvalue weighted by atomic mass is 10.1. The Morgan fingerprint density at radius 2 is 1.97 bits per heavy atom. The first-order chi connectivity index (χ1) is 16.5. The highest BCUT2D eigenvalue weighted by atomic mass is 32.1. The van der Waals surface area contributed by atoms with Gasteiger partial charge in [0, 0.05) is 43.2 Å². The van der Waals surface area contributed by atoms with Crippen LogP contribution in [0.15, 0.2) is 54.2 Å². The molecule has 2 aromatic heterocycles. The summed E-state index contributed by atoms with van der Waals surface area (Å²) in [6.45, 7) is 3.68. The molecule has 178 valence electrons. The van der Waals surface area contributed by atoms with E-state index in [1.165, 1.54) is 10.4 Å². The molecule has 3 heterocycles. The monoisotopic (exact) mass is 479 g/mol. The fourth-order valence-corrected chi connectivity index (χ4v) is 4.84. The summed E-state index contributed by atoms with van der Waals surface area (Å²) in [7, 11) is 1.59. The number of benzene rings is 1. The molecule has 1 atom stereocenters. The lowest BCUT2D eigenvalue weighted by Gasteiger charge is -2.27. The first kappa shape index (κ1) is 23.8. The molecule has 2 amide bonds. The van der Waals surface area contributed by atoms with Crippen molar-refractivity contribution >= 4 is 23.2 Å². The fourth-order valence-electron chi connectivity index (χ4n) is 3.95. The van der Waals surface area contributed by atoms with E-state index in [9.17, 15) is 9.59 Å². The number of nitrogens with zero attached hydrogens (tertiary/aromatic N) is 2. The number of aromatic nitrogens is 1. The van der Waals surface area contributed by atoms with E-state index in [-0.39, 0.29) is 30.7 Å². The van der Waals surface area contributed by atoms with Crippen LogP contribution < -0.4 is 14.8 Å². The molecular weight excluding hydrogens is 450 g/mol. The molecule has 3 aromatic rings. The van der Waals surface area contributed by atoms with Crippen LogP contribution in [0.2, 0.25) is 0 Å². The largest absolute Gasteiger partial charge is 0.493 e. The minimum Gasteiger partial charge on any atom is -0.493 e. The van der Waals surface area contributed by atoms with Crippen molar-refractivity contribution in [1.29, 1.82) is 0 Å². The fraction of sp³-hybridized carbons (Fsp3) is 0.346. The molecule has 1 unspecified atom stereocenters. The number of methoxy groups -OCH3 is 1. The number of pyridine rings is 1. The number of ether oxygens (including phenoxy) is 2. The Hall–Kier alpha value is -3.39. The highest BCUT2D eigenvalue weighted by Crippen LogP contribution is 2.31. The van der Waals surface area contributed by atoms with Gasteiger partial charge in [0.1, 0.15) is 6.61 Å². The topological polar surface area (TPSA) is 80.8 Å². The van der Waals surface area contributed by atoms with Crippen molar-refractivity contribution in [3.63, 3.8) is 0 Å². The molecule has 7 nitrogen and oxygen atoms in total. The summed E-state index contributed by atoms with van der Waals surface area (Å²) in [5.41, 5.74) is 3.13. The number of hydrogen-bond acceptors (Lipinski definition) is 6. The Balaban J connectivity index is 1.27. The molecule has 8 heteroatoms. The number of nitrogens with one attached hydrogen (secondary N) is 1. The van der Waals surface area contributed by atoms with Gasteiger partial charge in [-0.15, -0.1) is 11.3 Å². The van der Waals surface area contributed by atoms with Crippen molar-refractivity contribution in [2.24, 2.45) is 0 Å². The maximum atomic E-state index is 12.6. The SMILES string of the molecule is COc1cc(C(C)NC(=O)CCC(=O)N2CCc3sccc3C2)ccc1OCc1ccncc1. The molecule has 0 spiro atoms. The molecule has 0 saturated heterocycles. The van der Waals surface area contributed by atoms with Gasteiger partial charge >= 0.3 is 0 Å². The average molecular weight is 480 g/mol. The van der Waals surface area contributed by atoms with Gasteiger partial charge in [-0.3, -0.25) is 14.6 Å². The Kier molecular flexibility index (Phi) is 7.80. The Bertz CT molecular complexity index is 1130. The van der Waals surface area contributed by atoms with Gasteiger partial charge in [-0.25, -0.2) is 0 Å². The van der Waals surface area contributed by atoms with Gasteiger partial charge in [0.2, 0.25) is 11.8 Å². The lowest BCUT2D eigenvalue weighted by Crippen LogP contribution is -2.36. The van der Waals surface area contributed by atoms with Gasteiger partial charge in [0.05, 0.1) is 13.2 Å². The van der Waals surface area contributed by atoms with E-state index in [0.29, 0.717) is 24.7 Å². The molecule has 4 rings (SSSR count). The minimum atomic E-state index is -0.228. The zero-order valence-corrected chi connectivity index (χ0v) is 20.3. The van der Waals surface area contributed by atoms with Gasteiger partial charge in [-0.2, -0.15) is 0 Å². The zero-order chi connectivity index (χ0) is 23.9. The summed E-state index contributed by atoms with van der Waals surface area (Å²) in [6, 6.07) is 11.3. The lowest BCUT2D eigenvalue weighted by molar-refractivity contribution is -0.134. The second-order valence-electron chi connectivity index (χ2n) is 8.28. The van der Waals surface area contributed by atoms with E-state index in [2.05, 4.69) is 21.7 Å². The molecular formula is C26H29N3O4S. The van der Waals surface area contributed by atoms with Crippen LogP contribution in [0, 0.1) is 0 Å². The summed E-state index contributed by atoms with van der Waals surface area (Å²) < 4.78 is 11.4. The standard InChI is InChI=1S/C26H29N3O4S/c1-18(20-3-4-22(23(15-20)32-2)33-17-19-7-11-27-12-8-19)28-25(30)5-6-26(31)29-13-9-24-21(16-29)10-14-34-24/h3-4,7-8,10-12,14-15,18H,5-6,9,13,16-17H2,1-2H3,(H,28,30). The van der Waals surface area contributed by atoms with Crippen LogP contribution in [0.5, 0.6) is 11.5 Å². The maximum Gasteiger partial charge on any atom is 0.223 e. The summed E-state index contributed by atoms with van der Waals surface area (Å²) in [5.74, 6) is 1.10. The van der Waals surface area contributed by atoms with Gasteiger partial charge in [0.25, 0.3) is 0 Å². The second kappa shape index (κ2) is 11.2. The minimum absolute atomic E-state index is 0.0250. The third kappa shape index (κ3) is 5.94. The predicted octanol–water partition coefficient (Wildman–Crippen LogP) is 4.27. The van der Waals surface area contributed by atoms with Crippen LogP contribution in [0.25, 0.3) is 0 Å². The van der Waals surface area contributed by atoms with E-state index in [1.54, 1.807) is 30.8 Å². The van der Waals surface area contributed by atoms with Crippen molar-refractivity contribution in [3.05, 3.63) is 75.7 Å². The summed E-state index contributed by atoms with van der Waals surface area (Å²) in [6.07, 6.45) is 4.72.